The summed E-state index contributed by atoms with van der Waals surface area (Å²) in [4.78, 5) is 12.2. The highest BCUT2D eigenvalue weighted by atomic mass is 16.5. The summed E-state index contributed by atoms with van der Waals surface area (Å²) in [6, 6.07) is 5.15. The van der Waals surface area contributed by atoms with Crippen molar-refractivity contribution in [1.82, 2.24) is 0 Å². The Bertz CT molecular complexity index is 388. The van der Waals surface area contributed by atoms with Crippen molar-refractivity contribution in [1.29, 1.82) is 0 Å². The molecule has 1 aromatic carbocycles. The monoisotopic (exact) mass is 235 g/mol. The maximum absolute atomic E-state index is 12.2. The van der Waals surface area contributed by atoms with Crippen LogP contribution in [0, 0.1) is 6.92 Å². The van der Waals surface area contributed by atoms with Gasteiger partial charge in [0.2, 0.25) is 0 Å². The van der Waals surface area contributed by atoms with E-state index in [0.717, 1.165) is 24.8 Å². The Balaban J connectivity index is 2.90. The van der Waals surface area contributed by atoms with E-state index in [2.05, 4.69) is 6.92 Å². The van der Waals surface area contributed by atoms with E-state index >= 15 is 0 Å². The molecule has 94 valence electrons. The molecule has 1 aromatic rings. The van der Waals surface area contributed by atoms with Crippen LogP contribution >= 0.6 is 0 Å². The number of carbonyl (C=O) groups excluding carboxylic acids is 1. The van der Waals surface area contributed by atoms with Crippen LogP contribution in [-0.4, -0.2) is 18.9 Å². The van der Waals surface area contributed by atoms with Crippen molar-refractivity contribution < 1.29 is 9.53 Å². The third-order valence-electron chi connectivity index (χ3n) is 2.83. The molecule has 0 heterocycles. The van der Waals surface area contributed by atoms with Gasteiger partial charge in [0.1, 0.15) is 5.75 Å². The molecule has 3 nitrogen and oxygen atoms in total. The summed E-state index contributed by atoms with van der Waals surface area (Å²) >= 11 is 0. The molecule has 0 bridgehead atoms. The first-order chi connectivity index (χ1) is 8.10. The summed E-state index contributed by atoms with van der Waals surface area (Å²) in [6.45, 7) is 4.04. The zero-order chi connectivity index (χ0) is 12.8. The van der Waals surface area contributed by atoms with Crippen LogP contribution in [-0.2, 0) is 0 Å². The van der Waals surface area contributed by atoms with Crippen LogP contribution in [0.15, 0.2) is 18.2 Å². The van der Waals surface area contributed by atoms with E-state index in [1.165, 1.54) is 0 Å². The van der Waals surface area contributed by atoms with Gasteiger partial charge in [0.25, 0.3) is 0 Å². The number of ketones is 1. The Labute approximate surface area is 103 Å². The molecule has 3 heteroatoms. The summed E-state index contributed by atoms with van der Waals surface area (Å²) in [5, 5.41) is 0. The Kier molecular flexibility index (Phi) is 5.16. The largest absolute Gasteiger partial charge is 0.496 e. The molecule has 0 fully saturated rings. The molecule has 17 heavy (non-hydrogen) atoms. The second-order valence-corrected chi connectivity index (χ2v) is 4.32. The maximum Gasteiger partial charge on any atom is 0.183 e. The quantitative estimate of drug-likeness (QED) is 0.771. The van der Waals surface area contributed by atoms with E-state index in [0.29, 0.717) is 11.3 Å². The van der Waals surface area contributed by atoms with Crippen molar-refractivity contribution >= 4 is 5.78 Å². The lowest BCUT2D eigenvalue weighted by Crippen LogP contribution is -2.30. The van der Waals surface area contributed by atoms with Gasteiger partial charge in [0, 0.05) is 0 Å². The number of hydrogen-bond acceptors (Lipinski definition) is 3. The first-order valence-electron chi connectivity index (χ1n) is 6.04. The fourth-order valence-electron chi connectivity index (χ4n) is 1.77. The molecule has 0 radical (unpaired) electrons. The summed E-state index contributed by atoms with van der Waals surface area (Å²) < 4.78 is 5.20. The molecule has 0 aliphatic rings. The number of carbonyl (C=O) groups is 1. The van der Waals surface area contributed by atoms with Gasteiger partial charge in [0.15, 0.2) is 5.78 Å². The van der Waals surface area contributed by atoms with Crippen LogP contribution in [0.1, 0.15) is 42.1 Å². The number of aryl methyl sites for hydroxylation is 1. The first kappa shape index (κ1) is 13.7. The molecule has 1 atom stereocenters. The van der Waals surface area contributed by atoms with Crippen molar-refractivity contribution in [2.75, 3.05) is 7.11 Å². The summed E-state index contributed by atoms with van der Waals surface area (Å²) in [6.07, 6.45) is 2.75. The highest BCUT2D eigenvalue weighted by molar-refractivity contribution is 6.02. The Morgan fingerprint density at radius 3 is 2.76 bits per heavy atom. The molecule has 0 spiro atoms. The molecule has 1 rings (SSSR count). The van der Waals surface area contributed by atoms with Gasteiger partial charge in [0.05, 0.1) is 18.7 Å². The second kappa shape index (κ2) is 6.40. The number of hydrogen-bond donors (Lipinski definition) is 1. The molecular weight excluding hydrogens is 214 g/mol. The minimum Gasteiger partial charge on any atom is -0.496 e. The van der Waals surface area contributed by atoms with Gasteiger partial charge >= 0.3 is 0 Å². The van der Waals surface area contributed by atoms with Crippen LogP contribution in [0.4, 0.5) is 0 Å². The number of Topliss-reactive ketones (excluding diaryl/α,β-unsaturated/α-hetero) is 1. The van der Waals surface area contributed by atoms with E-state index < -0.39 is 6.04 Å². The molecule has 0 aliphatic heterocycles. The smallest absolute Gasteiger partial charge is 0.183 e. The minimum atomic E-state index is -0.425. The van der Waals surface area contributed by atoms with E-state index in [1.54, 1.807) is 7.11 Å². The number of unbranched alkanes of at least 4 members (excludes halogenated alkanes) is 1. The van der Waals surface area contributed by atoms with E-state index in [-0.39, 0.29) is 5.78 Å². The Morgan fingerprint density at radius 1 is 1.47 bits per heavy atom. The van der Waals surface area contributed by atoms with Crippen molar-refractivity contribution in [2.45, 2.75) is 39.2 Å². The fraction of sp³-hybridized carbons (Fsp3) is 0.500. The average molecular weight is 235 g/mol. The topological polar surface area (TPSA) is 52.3 Å². The number of benzene rings is 1. The van der Waals surface area contributed by atoms with Gasteiger partial charge in [-0.05, 0) is 25.5 Å². The number of methoxy groups -OCH3 is 1. The summed E-state index contributed by atoms with van der Waals surface area (Å²) in [5.74, 6) is 0.576. The van der Waals surface area contributed by atoms with Crippen LogP contribution in [0.25, 0.3) is 0 Å². The van der Waals surface area contributed by atoms with Crippen molar-refractivity contribution in [2.24, 2.45) is 5.73 Å². The molecule has 0 aliphatic carbocycles. The van der Waals surface area contributed by atoms with Gasteiger partial charge in [-0.2, -0.15) is 0 Å². The van der Waals surface area contributed by atoms with E-state index in [1.807, 2.05) is 25.1 Å². The maximum atomic E-state index is 12.2. The van der Waals surface area contributed by atoms with E-state index in [9.17, 15) is 4.79 Å². The normalized spacial score (nSPS) is 12.2. The zero-order valence-corrected chi connectivity index (χ0v) is 10.8. The van der Waals surface area contributed by atoms with Crippen LogP contribution in [0.5, 0.6) is 5.75 Å². The lowest BCUT2D eigenvalue weighted by Gasteiger charge is -2.13. The fourth-order valence-corrected chi connectivity index (χ4v) is 1.77. The number of ether oxygens (including phenoxy) is 1. The number of nitrogens with two attached hydrogens (primary N) is 1. The van der Waals surface area contributed by atoms with Crippen LogP contribution < -0.4 is 10.5 Å². The highest BCUT2D eigenvalue weighted by Crippen LogP contribution is 2.21. The van der Waals surface area contributed by atoms with Crippen molar-refractivity contribution in [3.05, 3.63) is 29.3 Å². The highest BCUT2D eigenvalue weighted by Gasteiger charge is 2.19. The molecule has 0 aromatic heterocycles. The van der Waals surface area contributed by atoms with E-state index in [4.69, 9.17) is 10.5 Å². The standard InChI is InChI=1S/C14H21NO2/c1-4-5-6-12(15)14(16)11-9-10(2)7-8-13(11)17-3/h7-9,12H,4-6,15H2,1-3H3. The lowest BCUT2D eigenvalue weighted by atomic mass is 9.98. The lowest BCUT2D eigenvalue weighted by molar-refractivity contribution is 0.0953. The predicted molar refractivity (Wildman–Crippen MR) is 69.6 cm³/mol. The predicted octanol–water partition coefficient (Wildman–Crippen LogP) is 2.70. The third-order valence-corrected chi connectivity index (χ3v) is 2.83. The van der Waals surface area contributed by atoms with Crippen LogP contribution in [0.2, 0.25) is 0 Å². The van der Waals surface area contributed by atoms with Gasteiger partial charge in [-0.15, -0.1) is 0 Å². The molecule has 2 N–H and O–H groups in total. The molecular formula is C14H21NO2. The molecule has 1 unspecified atom stereocenters. The minimum absolute atomic E-state index is 0.0287. The van der Waals surface area contributed by atoms with Crippen molar-refractivity contribution in [3.63, 3.8) is 0 Å². The average Bonchev–Trinajstić information content (AvgIpc) is 2.34. The zero-order valence-electron chi connectivity index (χ0n) is 10.8. The molecule has 0 amide bonds. The Morgan fingerprint density at radius 2 is 2.18 bits per heavy atom. The van der Waals surface area contributed by atoms with Gasteiger partial charge in [-0.3, -0.25) is 4.79 Å². The summed E-state index contributed by atoms with van der Waals surface area (Å²) in [5.41, 5.74) is 7.54. The van der Waals surface area contributed by atoms with Gasteiger partial charge in [-0.25, -0.2) is 0 Å². The third kappa shape index (κ3) is 3.56. The first-order valence-corrected chi connectivity index (χ1v) is 6.04. The van der Waals surface area contributed by atoms with Crippen LogP contribution in [0.3, 0.4) is 0 Å². The van der Waals surface area contributed by atoms with Gasteiger partial charge in [-0.1, -0.05) is 31.4 Å². The number of rotatable bonds is 6. The second-order valence-electron chi connectivity index (χ2n) is 4.32. The molecule has 0 saturated carbocycles. The summed E-state index contributed by atoms with van der Waals surface area (Å²) in [7, 11) is 1.57. The molecule has 0 saturated heterocycles. The van der Waals surface area contributed by atoms with Gasteiger partial charge < -0.3 is 10.5 Å². The Hall–Kier alpha value is -1.35. The SMILES string of the molecule is CCCCC(N)C(=O)c1cc(C)ccc1OC. The van der Waals surface area contributed by atoms with Crippen molar-refractivity contribution in [3.8, 4) is 5.75 Å².